The van der Waals surface area contributed by atoms with Gasteiger partial charge in [0.2, 0.25) is 0 Å². The molecule has 1 atom stereocenters. The Labute approximate surface area is 241 Å². The van der Waals surface area contributed by atoms with E-state index in [9.17, 15) is 26.7 Å². The third-order valence-corrected chi connectivity index (χ3v) is 7.00. The molecule has 0 spiro atoms. The molecule has 1 aliphatic carbocycles. The third-order valence-electron chi connectivity index (χ3n) is 7.00. The molecule has 14 heteroatoms. The van der Waals surface area contributed by atoms with E-state index >= 15 is 0 Å². The van der Waals surface area contributed by atoms with Gasteiger partial charge < -0.3 is 24.3 Å². The average Bonchev–Trinajstić information content (AvgIpc) is 3.53. The summed E-state index contributed by atoms with van der Waals surface area (Å²) in [7, 11) is 1.27. The summed E-state index contributed by atoms with van der Waals surface area (Å²) in [6, 6.07) is 11.6. The molecule has 2 aromatic heterocycles. The minimum Gasteiger partial charge on any atom is -0.487 e. The standard InChI is InChI=1S/C29H23F5N4O5/c1-40-27(39)17-6-8-18(9-7-17)36-22-4-2-3-21-25(22)38(37-26(21)28(30,31)32)19-12-20(14-35-13-19)41-15-16-5-10-23-24(11-16)43-29(33,34)42-23/h5-14,22,36H,2-4,15H2,1H3. The normalized spacial score (nSPS) is 16.8. The summed E-state index contributed by atoms with van der Waals surface area (Å²) in [5.41, 5.74) is 1.12. The number of aromatic nitrogens is 3. The van der Waals surface area contributed by atoms with Crippen LogP contribution in [0, 0.1) is 0 Å². The number of fused-ring (bicyclic) bond motifs is 2. The first-order chi connectivity index (χ1) is 20.5. The zero-order chi connectivity index (χ0) is 30.4. The number of ether oxygens (including phenoxy) is 4. The summed E-state index contributed by atoms with van der Waals surface area (Å²) < 4.78 is 89.6. The maximum Gasteiger partial charge on any atom is 0.586 e. The second-order valence-corrected chi connectivity index (χ2v) is 9.90. The van der Waals surface area contributed by atoms with Gasteiger partial charge in [0, 0.05) is 17.3 Å². The van der Waals surface area contributed by atoms with Gasteiger partial charge in [0.05, 0.1) is 42.5 Å². The Bertz CT molecular complexity index is 1670. The lowest BCUT2D eigenvalue weighted by Gasteiger charge is -2.26. The average molecular weight is 603 g/mol. The molecule has 4 aromatic rings. The highest BCUT2D eigenvalue weighted by Gasteiger charge is 2.44. The molecule has 1 unspecified atom stereocenters. The van der Waals surface area contributed by atoms with Crippen molar-refractivity contribution < 1.29 is 45.7 Å². The van der Waals surface area contributed by atoms with Gasteiger partial charge in [-0.05, 0) is 61.2 Å². The lowest BCUT2D eigenvalue weighted by molar-refractivity contribution is -0.286. The van der Waals surface area contributed by atoms with Gasteiger partial charge in [-0.15, -0.1) is 8.78 Å². The van der Waals surface area contributed by atoms with Crippen molar-refractivity contribution in [2.75, 3.05) is 12.4 Å². The summed E-state index contributed by atoms with van der Waals surface area (Å²) in [6.07, 6.45) is -4.46. The fourth-order valence-electron chi connectivity index (χ4n) is 5.13. The Morgan fingerprint density at radius 2 is 1.86 bits per heavy atom. The van der Waals surface area contributed by atoms with Crippen LogP contribution in [0.5, 0.6) is 17.2 Å². The van der Waals surface area contributed by atoms with Crippen molar-refractivity contribution in [3.63, 3.8) is 0 Å². The lowest BCUT2D eigenvalue weighted by Crippen LogP contribution is -2.25. The SMILES string of the molecule is COC(=O)c1ccc(NC2CCCc3c(C(F)(F)F)nn(-c4cncc(OCc5ccc6c(c5)OC(F)(F)O6)c4)c32)cc1. The fraction of sp³-hybridized carbons (Fsp3) is 0.276. The number of halogens is 5. The number of alkyl halides is 5. The molecule has 0 amide bonds. The second kappa shape index (κ2) is 10.7. The molecule has 1 aliphatic heterocycles. The number of hydrogen-bond donors (Lipinski definition) is 1. The van der Waals surface area contributed by atoms with Crippen LogP contribution in [0.25, 0.3) is 5.69 Å². The Hall–Kier alpha value is -4.88. The number of carbonyl (C=O) groups excluding carboxylic acids is 1. The number of rotatable bonds is 7. The van der Waals surface area contributed by atoms with Crippen LogP contribution in [0.2, 0.25) is 0 Å². The maximum absolute atomic E-state index is 14.1. The van der Waals surface area contributed by atoms with E-state index in [1.807, 2.05) is 0 Å². The molecule has 3 heterocycles. The van der Waals surface area contributed by atoms with E-state index in [0.29, 0.717) is 35.3 Å². The second-order valence-electron chi connectivity index (χ2n) is 9.90. The molecule has 43 heavy (non-hydrogen) atoms. The van der Waals surface area contributed by atoms with Gasteiger partial charge in [-0.25, -0.2) is 9.48 Å². The smallest absolute Gasteiger partial charge is 0.487 e. The first-order valence-corrected chi connectivity index (χ1v) is 13.1. The first kappa shape index (κ1) is 28.2. The molecule has 0 saturated carbocycles. The van der Waals surface area contributed by atoms with E-state index in [0.717, 1.165) is 0 Å². The number of methoxy groups -OCH3 is 1. The van der Waals surface area contributed by atoms with E-state index < -0.39 is 30.2 Å². The Kier molecular flexibility index (Phi) is 7.06. The molecule has 0 bridgehead atoms. The molecular formula is C29H23F5N4O5. The quantitative estimate of drug-likeness (QED) is 0.190. The van der Waals surface area contributed by atoms with Crippen LogP contribution < -0.4 is 19.5 Å². The number of nitrogens with one attached hydrogen (secondary N) is 1. The highest BCUT2D eigenvalue weighted by Crippen LogP contribution is 2.43. The van der Waals surface area contributed by atoms with Crippen LogP contribution in [0.15, 0.2) is 60.9 Å². The molecule has 0 saturated heterocycles. The van der Waals surface area contributed by atoms with Crippen molar-refractivity contribution in [2.45, 2.75) is 44.4 Å². The zero-order valence-electron chi connectivity index (χ0n) is 22.5. The lowest BCUT2D eigenvalue weighted by atomic mass is 9.91. The molecule has 6 rings (SSSR count). The van der Waals surface area contributed by atoms with Crippen LogP contribution in [-0.2, 0) is 23.9 Å². The van der Waals surface area contributed by atoms with Gasteiger partial charge in [0.15, 0.2) is 17.2 Å². The number of hydrogen-bond acceptors (Lipinski definition) is 8. The predicted octanol–water partition coefficient (Wildman–Crippen LogP) is 6.46. The van der Waals surface area contributed by atoms with Crippen molar-refractivity contribution in [1.82, 2.24) is 14.8 Å². The maximum atomic E-state index is 14.1. The zero-order valence-corrected chi connectivity index (χ0v) is 22.5. The van der Waals surface area contributed by atoms with Crippen molar-refractivity contribution in [1.29, 1.82) is 0 Å². The molecular weight excluding hydrogens is 579 g/mol. The van der Waals surface area contributed by atoms with Gasteiger partial charge in [-0.3, -0.25) is 4.98 Å². The number of pyridine rings is 1. The molecule has 9 nitrogen and oxygen atoms in total. The number of benzene rings is 2. The van der Waals surface area contributed by atoms with E-state index in [1.165, 1.54) is 48.5 Å². The van der Waals surface area contributed by atoms with E-state index in [1.54, 1.807) is 24.3 Å². The summed E-state index contributed by atoms with van der Waals surface area (Å²) >= 11 is 0. The van der Waals surface area contributed by atoms with Gasteiger partial charge in [0.25, 0.3) is 0 Å². The minimum atomic E-state index is -4.68. The molecule has 224 valence electrons. The van der Waals surface area contributed by atoms with Crippen LogP contribution in [0.3, 0.4) is 0 Å². The number of anilines is 1. The van der Waals surface area contributed by atoms with Gasteiger partial charge in [0.1, 0.15) is 12.4 Å². The van der Waals surface area contributed by atoms with Crippen molar-refractivity contribution in [3.8, 4) is 22.9 Å². The fourth-order valence-corrected chi connectivity index (χ4v) is 5.13. The van der Waals surface area contributed by atoms with Gasteiger partial charge in [-0.1, -0.05) is 6.07 Å². The summed E-state index contributed by atoms with van der Waals surface area (Å²) in [5.74, 6) is -0.533. The third kappa shape index (κ3) is 5.76. The van der Waals surface area contributed by atoms with Crippen LogP contribution in [0.1, 0.15) is 51.8 Å². The van der Waals surface area contributed by atoms with Crippen LogP contribution in [-0.4, -0.2) is 34.1 Å². The molecule has 2 aliphatic rings. The summed E-state index contributed by atoms with van der Waals surface area (Å²) in [4.78, 5) is 15.9. The largest absolute Gasteiger partial charge is 0.586 e. The van der Waals surface area contributed by atoms with Crippen molar-refractivity contribution in [3.05, 3.63) is 89.0 Å². The Morgan fingerprint density at radius 1 is 1.09 bits per heavy atom. The van der Waals surface area contributed by atoms with Crippen molar-refractivity contribution >= 4 is 11.7 Å². The highest BCUT2D eigenvalue weighted by atomic mass is 19.4. The van der Waals surface area contributed by atoms with E-state index in [2.05, 4.69) is 24.9 Å². The van der Waals surface area contributed by atoms with Gasteiger partial charge in [-0.2, -0.15) is 18.3 Å². The highest BCUT2D eigenvalue weighted by molar-refractivity contribution is 5.89. The van der Waals surface area contributed by atoms with Crippen LogP contribution in [0.4, 0.5) is 27.6 Å². The topological polar surface area (TPSA) is 96.7 Å². The van der Waals surface area contributed by atoms with Gasteiger partial charge >= 0.3 is 18.4 Å². The summed E-state index contributed by atoms with van der Waals surface area (Å²) in [6.45, 7) is -0.0654. The Balaban J connectivity index is 1.28. The van der Waals surface area contributed by atoms with Crippen LogP contribution >= 0.6 is 0 Å². The molecule has 1 N–H and O–H groups in total. The number of esters is 1. The minimum absolute atomic E-state index is 0.0654. The number of carbonyl (C=O) groups is 1. The predicted molar refractivity (Wildman–Crippen MR) is 140 cm³/mol. The number of nitrogens with zero attached hydrogens (tertiary/aromatic N) is 3. The monoisotopic (exact) mass is 602 g/mol. The first-order valence-electron chi connectivity index (χ1n) is 13.1. The van der Waals surface area contributed by atoms with Crippen molar-refractivity contribution in [2.24, 2.45) is 0 Å². The van der Waals surface area contributed by atoms with E-state index in [4.69, 9.17) is 9.47 Å². The molecule has 0 fully saturated rings. The Morgan fingerprint density at radius 3 is 2.60 bits per heavy atom. The van der Waals surface area contributed by atoms with E-state index in [-0.39, 0.29) is 41.5 Å². The molecule has 0 radical (unpaired) electrons. The summed E-state index contributed by atoms with van der Waals surface area (Å²) in [5, 5.41) is 7.26. The molecule has 2 aromatic carbocycles.